The molecular formula is C15H23N3O3. The predicted octanol–water partition coefficient (Wildman–Crippen LogP) is 1.98. The van der Waals surface area contributed by atoms with E-state index in [0.29, 0.717) is 5.69 Å². The molecule has 0 radical (unpaired) electrons. The molecule has 21 heavy (non-hydrogen) atoms. The fraction of sp³-hybridized carbons (Fsp3) is 0.467. The van der Waals surface area contributed by atoms with Crippen LogP contribution in [0.2, 0.25) is 0 Å². The van der Waals surface area contributed by atoms with Crippen LogP contribution in [-0.2, 0) is 9.53 Å². The number of urea groups is 1. The maximum Gasteiger partial charge on any atom is 0.321 e. The van der Waals surface area contributed by atoms with E-state index in [1.54, 1.807) is 26.1 Å². The van der Waals surface area contributed by atoms with Crippen molar-refractivity contribution < 1.29 is 14.3 Å². The minimum Gasteiger partial charge on any atom is -0.469 e. The van der Waals surface area contributed by atoms with Crippen molar-refractivity contribution in [2.75, 3.05) is 26.0 Å². The number of nitrogens with two attached hydrogens (primary N) is 1. The number of rotatable bonds is 5. The predicted molar refractivity (Wildman–Crippen MR) is 81.9 cm³/mol. The molecule has 0 aliphatic heterocycles. The van der Waals surface area contributed by atoms with Crippen molar-refractivity contribution in [3.8, 4) is 0 Å². The summed E-state index contributed by atoms with van der Waals surface area (Å²) in [4.78, 5) is 24.8. The van der Waals surface area contributed by atoms with Gasteiger partial charge in [0.2, 0.25) is 0 Å². The zero-order valence-corrected chi connectivity index (χ0v) is 12.9. The van der Waals surface area contributed by atoms with E-state index < -0.39 is 0 Å². The fourth-order valence-electron chi connectivity index (χ4n) is 1.86. The number of nitrogens with zero attached hydrogens (tertiary/aromatic N) is 1. The topological polar surface area (TPSA) is 84.7 Å². The molecule has 0 heterocycles. The highest BCUT2D eigenvalue weighted by Crippen LogP contribution is 2.14. The van der Waals surface area contributed by atoms with Gasteiger partial charge in [0.15, 0.2) is 0 Å². The number of benzene rings is 1. The first-order valence-electron chi connectivity index (χ1n) is 6.80. The SMILES string of the molecule is COC(=O)C(C)CN(C)C(=O)Nc1ccc(C(C)N)cc1. The number of hydrogen-bond donors (Lipinski definition) is 2. The summed E-state index contributed by atoms with van der Waals surface area (Å²) in [5.74, 6) is -0.706. The van der Waals surface area contributed by atoms with Gasteiger partial charge in [-0.2, -0.15) is 0 Å². The van der Waals surface area contributed by atoms with Crippen molar-refractivity contribution in [2.45, 2.75) is 19.9 Å². The van der Waals surface area contributed by atoms with Gasteiger partial charge in [0.25, 0.3) is 0 Å². The molecule has 0 saturated carbocycles. The maximum atomic E-state index is 12.0. The van der Waals surface area contributed by atoms with E-state index in [1.165, 1.54) is 12.0 Å². The summed E-state index contributed by atoms with van der Waals surface area (Å²) in [5.41, 5.74) is 7.45. The molecule has 3 N–H and O–H groups in total. The van der Waals surface area contributed by atoms with Crippen molar-refractivity contribution in [1.82, 2.24) is 4.90 Å². The second-order valence-corrected chi connectivity index (χ2v) is 5.15. The van der Waals surface area contributed by atoms with Gasteiger partial charge >= 0.3 is 12.0 Å². The largest absolute Gasteiger partial charge is 0.469 e. The number of esters is 1. The Kier molecular flexibility index (Phi) is 6.17. The van der Waals surface area contributed by atoms with Crippen LogP contribution in [0.15, 0.2) is 24.3 Å². The lowest BCUT2D eigenvalue weighted by atomic mass is 10.1. The zero-order chi connectivity index (χ0) is 16.0. The van der Waals surface area contributed by atoms with Crippen molar-refractivity contribution in [2.24, 2.45) is 11.7 Å². The fourth-order valence-corrected chi connectivity index (χ4v) is 1.86. The van der Waals surface area contributed by atoms with E-state index >= 15 is 0 Å². The molecule has 0 aromatic heterocycles. The molecule has 0 saturated heterocycles. The minimum absolute atomic E-state index is 0.0432. The van der Waals surface area contributed by atoms with Crippen LogP contribution < -0.4 is 11.1 Å². The van der Waals surface area contributed by atoms with E-state index in [1.807, 2.05) is 19.1 Å². The summed E-state index contributed by atoms with van der Waals surface area (Å²) in [6, 6.07) is 7.02. The third kappa shape index (κ3) is 5.07. The normalized spacial score (nSPS) is 13.2. The average molecular weight is 293 g/mol. The van der Waals surface area contributed by atoms with Gasteiger partial charge in [-0.15, -0.1) is 0 Å². The van der Waals surface area contributed by atoms with E-state index in [0.717, 1.165) is 5.56 Å². The van der Waals surface area contributed by atoms with Crippen LogP contribution in [0.25, 0.3) is 0 Å². The number of methoxy groups -OCH3 is 1. The molecule has 0 aliphatic rings. The molecular weight excluding hydrogens is 270 g/mol. The summed E-state index contributed by atoms with van der Waals surface area (Å²) in [7, 11) is 2.96. The lowest BCUT2D eigenvalue weighted by Crippen LogP contribution is -2.37. The number of nitrogens with one attached hydrogen (secondary N) is 1. The van der Waals surface area contributed by atoms with Crippen LogP contribution in [0.3, 0.4) is 0 Å². The van der Waals surface area contributed by atoms with Crippen molar-refractivity contribution >= 4 is 17.7 Å². The summed E-state index contributed by atoms with van der Waals surface area (Å²) in [5, 5.41) is 2.76. The molecule has 1 rings (SSSR count). The van der Waals surface area contributed by atoms with E-state index in [-0.39, 0.29) is 30.5 Å². The number of anilines is 1. The molecule has 0 spiro atoms. The standard InChI is InChI=1S/C15H23N3O3/c1-10(14(19)21-4)9-18(3)15(20)17-13-7-5-12(6-8-13)11(2)16/h5-8,10-11H,9,16H2,1-4H3,(H,17,20). The highest BCUT2D eigenvalue weighted by molar-refractivity contribution is 5.89. The maximum absolute atomic E-state index is 12.0. The third-order valence-corrected chi connectivity index (χ3v) is 3.19. The van der Waals surface area contributed by atoms with Crippen molar-refractivity contribution in [1.29, 1.82) is 0 Å². The number of amides is 2. The molecule has 6 heteroatoms. The van der Waals surface area contributed by atoms with Gasteiger partial charge in [0.1, 0.15) is 0 Å². The molecule has 6 nitrogen and oxygen atoms in total. The Balaban J connectivity index is 2.57. The summed E-state index contributed by atoms with van der Waals surface area (Å²) in [6.07, 6.45) is 0. The lowest BCUT2D eigenvalue weighted by Gasteiger charge is -2.21. The molecule has 0 aliphatic carbocycles. The quantitative estimate of drug-likeness (QED) is 0.813. The minimum atomic E-state index is -0.369. The monoisotopic (exact) mass is 293 g/mol. The van der Waals surface area contributed by atoms with E-state index in [4.69, 9.17) is 5.73 Å². The van der Waals surface area contributed by atoms with Crippen LogP contribution in [0.5, 0.6) is 0 Å². The van der Waals surface area contributed by atoms with Crippen LogP contribution >= 0.6 is 0 Å². The molecule has 1 aromatic rings. The first-order chi connectivity index (χ1) is 9.85. The number of carbonyl (C=O) groups excluding carboxylic acids is 2. The first-order valence-corrected chi connectivity index (χ1v) is 6.80. The molecule has 2 amide bonds. The average Bonchev–Trinajstić information content (AvgIpc) is 2.46. The number of ether oxygens (including phenoxy) is 1. The Bertz CT molecular complexity index is 485. The van der Waals surface area contributed by atoms with Crippen LogP contribution in [0.1, 0.15) is 25.5 Å². The number of carbonyl (C=O) groups is 2. The number of hydrogen-bond acceptors (Lipinski definition) is 4. The second kappa shape index (κ2) is 7.64. The van der Waals surface area contributed by atoms with Crippen molar-refractivity contribution in [3.63, 3.8) is 0 Å². The van der Waals surface area contributed by atoms with Crippen molar-refractivity contribution in [3.05, 3.63) is 29.8 Å². The van der Waals surface area contributed by atoms with Gasteiger partial charge in [-0.25, -0.2) is 4.79 Å². The first kappa shape index (κ1) is 17.0. The summed E-state index contributed by atoms with van der Waals surface area (Å²) >= 11 is 0. The van der Waals surface area contributed by atoms with Gasteiger partial charge < -0.3 is 20.7 Å². The Morgan fingerprint density at radius 3 is 2.33 bits per heavy atom. The molecule has 2 unspecified atom stereocenters. The molecule has 0 fully saturated rings. The van der Waals surface area contributed by atoms with E-state index in [9.17, 15) is 9.59 Å². The molecule has 0 bridgehead atoms. The second-order valence-electron chi connectivity index (χ2n) is 5.15. The Morgan fingerprint density at radius 1 is 1.29 bits per heavy atom. The van der Waals surface area contributed by atoms with Gasteiger partial charge in [-0.1, -0.05) is 19.1 Å². The molecule has 2 atom stereocenters. The summed E-state index contributed by atoms with van der Waals surface area (Å²) < 4.78 is 4.64. The highest BCUT2D eigenvalue weighted by atomic mass is 16.5. The lowest BCUT2D eigenvalue weighted by molar-refractivity contribution is -0.145. The van der Waals surface area contributed by atoms with Crippen LogP contribution in [0.4, 0.5) is 10.5 Å². The highest BCUT2D eigenvalue weighted by Gasteiger charge is 2.18. The van der Waals surface area contributed by atoms with Gasteiger partial charge in [-0.05, 0) is 24.6 Å². The zero-order valence-electron chi connectivity index (χ0n) is 12.9. The smallest absolute Gasteiger partial charge is 0.321 e. The Hall–Kier alpha value is -2.08. The summed E-state index contributed by atoms with van der Waals surface area (Å²) in [6.45, 7) is 3.90. The Labute approximate surface area is 125 Å². The molecule has 116 valence electrons. The van der Waals surface area contributed by atoms with Gasteiger partial charge in [-0.3, -0.25) is 4.79 Å². The third-order valence-electron chi connectivity index (χ3n) is 3.19. The Morgan fingerprint density at radius 2 is 1.86 bits per heavy atom. The molecule has 1 aromatic carbocycles. The van der Waals surface area contributed by atoms with Gasteiger partial charge in [0, 0.05) is 25.3 Å². The van der Waals surface area contributed by atoms with Crippen LogP contribution in [-0.4, -0.2) is 37.6 Å². The van der Waals surface area contributed by atoms with Gasteiger partial charge in [0.05, 0.1) is 13.0 Å². The van der Waals surface area contributed by atoms with E-state index in [2.05, 4.69) is 10.1 Å². The van der Waals surface area contributed by atoms with Crippen LogP contribution in [0, 0.1) is 5.92 Å².